The fourth-order valence-corrected chi connectivity index (χ4v) is 3.90. The van der Waals surface area contributed by atoms with Gasteiger partial charge in [-0.2, -0.15) is 0 Å². The fourth-order valence-electron chi connectivity index (χ4n) is 3.90. The van der Waals surface area contributed by atoms with Gasteiger partial charge in [0.15, 0.2) is 5.75 Å². The van der Waals surface area contributed by atoms with E-state index in [9.17, 15) is 9.59 Å². The van der Waals surface area contributed by atoms with Crippen LogP contribution in [-0.2, 0) is 4.79 Å². The van der Waals surface area contributed by atoms with Gasteiger partial charge in [0.05, 0.1) is 6.61 Å². The molecule has 0 spiro atoms. The van der Waals surface area contributed by atoms with Crippen molar-refractivity contribution in [3.63, 3.8) is 0 Å². The molecule has 1 aromatic carbocycles. The molecule has 0 aromatic heterocycles. The zero-order valence-electron chi connectivity index (χ0n) is 21.4. The van der Waals surface area contributed by atoms with Gasteiger partial charge in [-0.3, -0.25) is 9.59 Å². The molecule has 1 rings (SSSR count). The van der Waals surface area contributed by atoms with Crippen LogP contribution < -0.4 is 14.9 Å². The average Bonchev–Trinajstić information content (AvgIpc) is 2.98. The number of rotatable bonds is 21. The number of hydrogen-bond acceptors (Lipinski definition) is 4. The van der Waals surface area contributed by atoms with Crippen molar-refractivity contribution in [3.05, 3.63) is 34.5 Å². The second-order valence-electron chi connectivity index (χ2n) is 9.17. The maximum Gasteiger partial charge on any atom is 0.311 e. The lowest BCUT2D eigenvalue weighted by Gasteiger charge is -2.05. The SMILES string of the molecule is CCCCCCCCCCCCOc1ccc(OC(=O)CCCCCCCCC)c(=O)cc1. The van der Waals surface area contributed by atoms with Gasteiger partial charge in [-0.1, -0.05) is 110 Å². The highest BCUT2D eigenvalue weighted by molar-refractivity contribution is 5.72. The minimum atomic E-state index is -0.334. The van der Waals surface area contributed by atoms with Crippen LogP contribution in [0.3, 0.4) is 0 Å². The van der Waals surface area contributed by atoms with E-state index in [2.05, 4.69) is 13.8 Å². The molecular weight excluding hydrogens is 412 g/mol. The Hall–Kier alpha value is -1.84. The van der Waals surface area contributed by atoms with Crippen LogP contribution in [0.4, 0.5) is 0 Å². The topological polar surface area (TPSA) is 52.6 Å². The zero-order valence-corrected chi connectivity index (χ0v) is 21.4. The molecule has 0 saturated heterocycles. The van der Waals surface area contributed by atoms with Crippen LogP contribution in [0.15, 0.2) is 29.1 Å². The third-order valence-electron chi connectivity index (χ3n) is 6.02. The van der Waals surface area contributed by atoms with Gasteiger partial charge in [0.25, 0.3) is 0 Å². The Morgan fingerprint density at radius 2 is 1.12 bits per heavy atom. The highest BCUT2D eigenvalue weighted by Gasteiger charge is 2.07. The van der Waals surface area contributed by atoms with Gasteiger partial charge in [0, 0.05) is 6.42 Å². The van der Waals surface area contributed by atoms with Crippen LogP contribution in [0.2, 0.25) is 0 Å². The number of unbranched alkanes of at least 4 members (excludes halogenated alkanes) is 15. The molecule has 33 heavy (non-hydrogen) atoms. The van der Waals surface area contributed by atoms with E-state index in [1.54, 1.807) is 18.2 Å². The minimum Gasteiger partial charge on any atom is -0.494 e. The van der Waals surface area contributed by atoms with Crippen molar-refractivity contribution in [3.8, 4) is 11.5 Å². The summed E-state index contributed by atoms with van der Waals surface area (Å²) in [6.07, 6.45) is 21.2. The quantitative estimate of drug-likeness (QED) is 0.136. The molecule has 0 aliphatic carbocycles. The first-order valence-corrected chi connectivity index (χ1v) is 13.6. The largest absolute Gasteiger partial charge is 0.494 e. The van der Waals surface area contributed by atoms with Crippen molar-refractivity contribution in [2.24, 2.45) is 0 Å². The van der Waals surface area contributed by atoms with Crippen molar-refractivity contribution in [2.45, 2.75) is 129 Å². The lowest BCUT2D eigenvalue weighted by atomic mass is 10.1. The maximum atomic E-state index is 12.2. The third kappa shape index (κ3) is 16.4. The summed E-state index contributed by atoms with van der Waals surface area (Å²) in [5.41, 5.74) is -0.295. The summed E-state index contributed by atoms with van der Waals surface area (Å²) < 4.78 is 11.1. The number of hydrogen-bond donors (Lipinski definition) is 0. The Morgan fingerprint density at radius 1 is 0.636 bits per heavy atom. The predicted octanol–water partition coefficient (Wildman–Crippen LogP) is 8.39. The van der Waals surface area contributed by atoms with Crippen molar-refractivity contribution in [1.29, 1.82) is 0 Å². The molecule has 0 heterocycles. The molecule has 1 aromatic rings. The Bertz CT molecular complexity index is 671. The van der Waals surface area contributed by atoms with Crippen LogP contribution in [-0.4, -0.2) is 12.6 Å². The van der Waals surface area contributed by atoms with Gasteiger partial charge >= 0.3 is 5.97 Å². The van der Waals surface area contributed by atoms with Gasteiger partial charge in [-0.25, -0.2) is 0 Å². The van der Waals surface area contributed by atoms with Gasteiger partial charge in [0.2, 0.25) is 5.43 Å². The lowest BCUT2D eigenvalue weighted by Crippen LogP contribution is -2.12. The Balaban J connectivity index is 2.19. The van der Waals surface area contributed by atoms with Gasteiger partial charge in [0.1, 0.15) is 5.75 Å². The summed E-state index contributed by atoms with van der Waals surface area (Å²) in [6, 6.07) is 6.35. The monoisotopic (exact) mass is 460 g/mol. The number of esters is 1. The molecule has 0 aliphatic heterocycles. The van der Waals surface area contributed by atoms with E-state index in [0.717, 1.165) is 25.7 Å². The average molecular weight is 461 g/mol. The van der Waals surface area contributed by atoms with Crippen molar-refractivity contribution >= 4 is 5.97 Å². The standard InChI is InChI=1S/C29H48O4/c1-3-5-7-9-11-12-13-15-17-19-25-32-26-21-23-27(30)28(24-22-26)33-29(31)20-18-16-14-10-8-6-4-2/h21-24H,3-20,25H2,1-2H3. The molecule has 0 fully saturated rings. The Labute approximate surface area is 202 Å². The van der Waals surface area contributed by atoms with E-state index in [4.69, 9.17) is 9.47 Å². The highest BCUT2D eigenvalue weighted by Crippen LogP contribution is 2.15. The van der Waals surface area contributed by atoms with Crippen molar-refractivity contribution in [2.75, 3.05) is 6.61 Å². The number of carbonyl (C=O) groups excluding carboxylic acids is 1. The molecule has 0 atom stereocenters. The minimum absolute atomic E-state index is 0.0803. The summed E-state index contributed by atoms with van der Waals surface area (Å²) in [6.45, 7) is 5.10. The zero-order chi connectivity index (χ0) is 24.0. The summed E-state index contributed by atoms with van der Waals surface area (Å²) in [5, 5.41) is 0. The van der Waals surface area contributed by atoms with Crippen LogP contribution in [0.1, 0.15) is 129 Å². The van der Waals surface area contributed by atoms with Crippen molar-refractivity contribution < 1.29 is 14.3 Å². The lowest BCUT2D eigenvalue weighted by molar-refractivity contribution is -0.134. The summed E-state index contributed by atoms with van der Waals surface area (Å²) in [7, 11) is 0. The number of ether oxygens (including phenoxy) is 2. The molecule has 188 valence electrons. The molecule has 4 nitrogen and oxygen atoms in total. The second kappa shape index (κ2) is 20.7. The van der Waals surface area contributed by atoms with E-state index < -0.39 is 0 Å². The van der Waals surface area contributed by atoms with Crippen LogP contribution in [0.25, 0.3) is 0 Å². The van der Waals surface area contributed by atoms with Gasteiger partial charge in [-0.15, -0.1) is 0 Å². The molecule has 4 heteroatoms. The molecule has 0 saturated carbocycles. The van der Waals surface area contributed by atoms with E-state index in [0.29, 0.717) is 18.8 Å². The fraction of sp³-hybridized carbons (Fsp3) is 0.724. The van der Waals surface area contributed by atoms with Crippen LogP contribution >= 0.6 is 0 Å². The van der Waals surface area contributed by atoms with E-state index >= 15 is 0 Å². The summed E-state index contributed by atoms with van der Waals surface area (Å²) in [4.78, 5) is 24.3. The summed E-state index contributed by atoms with van der Waals surface area (Å²) in [5.74, 6) is 0.383. The first-order valence-electron chi connectivity index (χ1n) is 13.6. The molecule has 0 radical (unpaired) electrons. The molecule has 0 unspecified atom stereocenters. The van der Waals surface area contributed by atoms with E-state index in [-0.39, 0.29) is 17.1 Å². The van der Waals surface area contributed by atoms with Crippen molar-refractivity contribution in [1.82, 2.24) is 0 Å². The first kappa shape index (κ1) is 29.2. The molecule has 0 amide bonds. The van der Waals surface area contributed by atoms with Crippen LogP contribution in [0.5, 0.6) is 11.5 Å². The highest BCUT2D eigenvalue weighted by atomic mass is 16.5. The smallest absolute Gasteiger partial charge is 0.311 e. The normalized spacial score (nSPS) is 10.8. The molecular formula is C29H48O4. The van der Waals surface area contributed by atoms with E-state index in [1.807, 2.05) is 0 Å². The second-order valence-corrected chi connectivity index (χ2v) is 9.17. The molecule has 0 bridgehead atoms. The predicted molar refractivity (Wildman–Crippen MR) is 138 cm³/mol. The maximum absolute atomic E-state index is 12.2. The number of carbonyl (C=O) groups is 1. The van der Waals surface area contributed by atoms with Crippen LogP contribution in [0, 0.1) is 0 Å². The van der Waals surface area contributed by atoms with E-state index in [1.165, 1.54) is 89.5 Å². The molecule has 0 aliphatic rings. The Morgan fingerprint density at radius 3 is 1.70 bits per heavy atom. The van der Waals surface area contributed by atoms with Gasteiger partial charge in [-0.05, 0) is 37.1 Å². The summed E-state index contributed by atoms with van der Waals surface area (Å²) >= 11 is 0. The Kier molecular flexibility index (Phi) is 18.4. The van der Waals surface area contributed by atoms with Gasteiger partial charge < -0.3 is 9.47 Å². The third-order valence-corrected chi connectivity index (χ3v) is 6.02. The molecule has 0 N–H and O–H groups in total. The first-order chi connectivity index (χ1) is 16.2.